The third kappa shape index (κ3) is 2.30. The minimum Gasteiger partial charge on any atom is -0.446 e. The summed E-state index contributed by atoms with van der Waals surface area (Å²) in [4.78, 5) is 12.9. The fraction of sp³-hybridized carbons (Fsp3) is 0.269. The van der Waals surface area contributed by atoms with Gasteiger partial charge in [-0.25, -0.2) is 4.79 Å². The zero-order chi connectivity index (χ0) is 19.3. The summed E-state index contributed by atoms with van der Waals surface area (Å²) in [7, 11) is 0. The van der Waals surface area contributed by atoms with Gasteiger partial charge in [0, 0.05) is 22.6 Å². The molecule has 0 unspecified atom stereocenters. The predicted octanol–water partition coefficient (Wildman–Crippen LogP) is 6.37. The van der Waals surface area contributed by atoms with E-state index in [9.17, 15) is 4.79 Å². The molecular formula is C26H24O2. The summed E-state index contributed by atoms with van der Waals surface area (Å²) < 4.78 is 6.46. The smallest absolute Gasteiger partial charge is 0.334 e. The topological polar surface area (TPSA) is 26.3 Å². The maximum absolute atomic E-state index is 12.9. The Morgan fingerprint density at radius 2 is 1.57 bits per heavy atom. The van der Waals surface area contributed by atoms with E-state index in [1.54, 1.807) is 6.92 Å². The Morgan fingerprint density at radius 1 is 0.929 bits per heavy atom. The van der Waals surface area contributed by atoms with Crippen LogP contribution < -0.4 is 0 Å². The third-order valence-corrected chi connectivity index (χ3v) is 6.45. The second-order valence-corrected chi connectivity index (χ2v) is 8.14. The van der Waals surface area contributed by atoms with Crippen molar-refractivity contribution in [1.29, 1.82) is 0 Å². The van der Waals surface area contributed by atoms with Crippen molar-refractivity contribution in [3.05, 3.63) is 83.9 Å². The molecule has 0 radical (unpaired) electrons. The van der Waals surface area contributed by atoms with Gasteiger partial charge in [-0.2, -0.15) is 0 Å². The average Bonchev–Trinajstić information content (AvgIpc) is 3.26. The van der Waals surface area contributed by atoms with Crippen LogP contribution in [0.5, 0.6) is 0 Å². The van der Waals surface area contributed by atoms with Crippen molar-refractivity contribution in [1.82, 2.24) is 0 Å². The zero-order valence-electron chi connectivity index (χ0n) is 16.2. The van der Waals surface area contributed by atoms with Crippen molar-refractivity contribution in [2.24, 2.45) is 5.92 Å². The molecule has 0 saturated heterocycles. The van der Waals surface area contributed by atoms with Crippen LogP contribution in [-0.2, 0) is 15.1 Å². The molecule has 2 aliphatic carbocycles. The molecule has 1 fully saturated rings. The van der Waals surface area contributed by atoms with E-state index in [4.69, 9.17) is 4.74 Å². The Hall–Kier alpha value is -2.87. The van der Waals surface area contributed by atoms with Crippen molar-refractivity contribution < 1.29 is 9.53 Å². The van der Waals surface area contributed by atoms with Gasteiger partial charge in [-0.05, 0) is 41.7 Å². The first kappa shape index (κ1) is 17.2. The van der Waals surface area contributed by atoms with E-state index in [-0.39, 0.29) is 11.9 Å². The van der Waals surface area contributed by atoms with Crippen LogP contribution >= 0.6 is 0 Å². The molecule has 0 amide bonds. The number of carbonyl (C=O) groups excluding carboxylic acids is 1. The number of benzene rings is 3. The maximum atomic E-state index is 12.9. The number of carbonyl (C=O) groups is 1. The maximum Gasteiger partial charge on any atom is 0.334 e. The molecule has 28 heavy (non-hydrogen) atoms. The summed E-state index contributed by atoms with van der Waals surface area (Å²) in [6, 6.07) is 21.3. The van der Waals surface area contributed by atoms with Crippen molar-refractivity contribution in [2.75, 3.05) is 0 Å². The number of rotatable bonds is 3. The molecule has 0 aromatic heterocycles. The second-order valence-electron chi connectivity index (χ2n) is 8.14. The van der Waals surface area contributed by atoms with E-state index >= 15 is 0 Å². The summed E-state index contributed by atoms with van der Waals surface area (Å²) in [5.74, 6) is -0.0333. The minimum atomic E-state index is -0.753. The van der Waals surface area contributed by atoms with Gasteiger partial charge in [0.2, 0.25) is 0 Å². The molecule has 3 aromatic carbocycles. The van der Waals surface area contributed by atoms with Crippen molar-refractivity contribution in [3.63, 3.8) is 0 Å². The third-order valence-electron chi connectivity index (χ3n) is 6.45. The van der Waals surface area contributed by atoms with Gasteiger partial charge in [-0.1, -0.05) is 80.1 Å². The molecule has 0 heterocycles. The van der Waals surface area contributed by atoms with Crippen LogP contribution in [0, 0.1) is 5.92 Å². The van der Waals surface area contributed by atoms with E-state index in [1.165, 1.54) is 34.7 Å². The molecule has 0 bridgehead atoms. The van der Waals surface area contributed by atoms with E-state index in [2.05, 4.69) is 67.2 Å². The second kappa shape index (κ2) is 6.34. The summed E-state index contributed by atoms with van der Waals surface area (Å²) in [6.07, 6.45) is 4.49. The normalized spacial score (nSPS) is 20.8. The van der Waals surface area contributed by atoms with E-state index < -0.39 is 5.60 Å². The molecule has 1 saturated carbocycles. The Morgan fingerprint density at radius 3 is 2.32 bits per heavy atom. The van der Waals surface area contributed by atoms with Crippen LogP contribution in [0.2, 0.25) is 0 Å². The Bertz CT molecular complexity index is 1100. The van der Waals surface area contributed by atoms with Crippen LogP contribution in [0.3, 0.4) is 0 Å². The first-order valence-electron chi connectivity index (χ1n) is 10.1. The molecule has 2 heteroatoms. The number of hydrogen-bond acceptors (Lipinski definition) is 2. The fourth-order valence-corrected chi connectivity index (χ4v) is 5.26. The largest absolute Gasteiger partial charge is 0.446 e. The van der Waals surface area contributed by atoms with Crippen molar-refractivity contribution in [2.45, 2.75) is 38.2 Å². The molecular weight excluding hydrogens is 344 g/mol. The van der Waals surface area contributed by atoms with Gasteiger partial charge in [0.25, 0.3) is 0 Å². The minimum absolute atomic E-state index is 0.274. The molecule has 2 nitrogen and oxygen atoms in total. The number of esters is 1. The van der Waals surface area contributed by atoms with Crippen LogP contribution in [0.1, 0.15) is 43.7 Å². The molecule has 0 spiro atoms. The summed E-state index contributed by atoms with van der Waals surface area (Å²) in [5, 5.41) is 2.41. The quantitative estimate of drug-likeness (QED) is 0.396. The van der Waals surface area contributed by atoms with Gasteiger partial charge < -0.3 is 4.74 Å². The highest BCUT2D eigenvalue weighted by molar-refractivity contribution is 6.03. The van der Waals surface area contributed by atoms with Crippen LogP contribution in [-0.4, -0.2) is 5.97 Å². The van der Waals surface area contributed by atoms with Gasteiger partial charge in [0.1, 0.15) is 0 Å². The lowest BCUT2D eigenvalue weighted by molar-refractivity contribution is -0.157. The van der Waals surface area contributed by atoms with Crippen LogP contribution in [0.25, 0.3) is 21.9 Å². The molecule has 0 aliphatic heterocycles. The predicted molar refractivity (Wildman–Crippen MR) is 113 cm³/mol. The first-order valence-corrected chi connectivity index (χ1v) is 10.1. The Kier molecular flexibility index (Phi) is 3.90. The van der Waals surface area contributed by atoms with Crippen LogP contribution in [0.4, 0.5) is 0 Å². The number of hydrogen-bond donors (Lipinski definition) is 0. The number of ether oxygens (including phenoxy) is 1. The lowest BCUT2D eigenvalue weighted by atomic mass is 9.67. The highest BCUT2D eigenvalue weighted by Crippen LogP contribution is 2.56. The highest BCUT2D eigenvalue weighted by atomic mass is 16.6. The van der Waals surface area contributed by atoms with Crippen molar-refractivity contribution in [3.8, 4) is 11.1 Å². The Labute approximate surface area is 165 Å². The average molecular weight is 368 g/mol. The lowest BCUT2D eigenvalue weighted by Gasteiger charge is -2.44. The summed E-state index contributed by atoms with van der Waals surface area (Å²) in [6.45, 7) is 5.58. The Balaban J connectivity index is 1.91. The molecule has 3 aromatic rings. The van der Waals surface area contributed by atoms with E-state index in [0.29, 0.717) is 5.57 Å². The first-order chi connectivity index (χ1) is 13.6. The van der Waals surface area contributed by atoms with Gasteiger partial charge in [0.05, 0.1) is 0 Å². The van der Waals surface area contributed by atoms with Gasteiger partial charge in [-0.15, -0.1) is 0 Å². The van der Waals surface area contributed by atoms with E-state index in [1.807, 2.05) is 0 Å². The van der Waals surface area contributed by atoms with Gasteiger partial charge in [0.15, 0.2) is 5.60 Å². The molecule has 2 aliphatic rings. The molecule has 140 valence electrons. The van der Waals surface area contributed by atoms with Gasteiger partial charge in [-0.3, -0.25) is 0 Å². The van der Waals surface area contributed by atoms with Gasteiger partial charge >= 0.3 is 5.97 Å². The summed E-state index contributed by atoms with van der Waals surface area (Å²) >= 11 is 0. The standard InChI is InChI=1S/C26H24O2/c1-17(2)25(27)28-26(19-11-3-4-12-19)22-15-6-5-13-20(22)21-14-7-9-18-10-8-16-23(26)24(18)21/h5-10,13-16,19H,1,3-4,11-12H2,2H3/t26-/m0/s1. The van der Waals surface area contributed by atoms with Crippen molar-refractivity contribution >= 4 is 16.7 Å². The lowest BCUT2D eigenvalue weighted by Crippen LogP contribution is -2.42. The molecule has 1 atom stereocenters. The zero-order valence-corrected chi connectivity index (χ0v) is 16.2. The SMILES string of the molecule is C=C(C)C(=O)O[C@@]1(C2CCCC2)c2ccccc2-c2cccc3cccc1c23. The summed E-state index contributed by atoms with van der Waals surface area (Å²) in [5.41, 5.74) is 4.33. The monoisotopic (exact) mass is 368 g/mol. The fourth-order valence-electron chi connectivity index (χ4n) is 5.26. The molecule has 0 N–H and O–H groups in total. The van der Waals surface area contributed by atoms with E-state index in [0.717, 1.165) is 24.0 Å². The molecule has 5 rings (SSSR count). The van der Waals surface area contributed by atoms with Crippen LogP contribution in [0.15, 0.2) is 72.8 Å². The highest BCUT2D eigenvalue weighted by Gasteiger charge is 2.50. The number of fused-ring (bicyclic) bond motifs is 2.